The molecule has 0 unspecified atom stereocenters. The van der Waals surface area contributed by atoms with Crippen LogP contribution in [0.25, 0.3) is 16.8 Å². The molecule has 2 heteroatoms. The van der Waals surface area contributed by atoms with Crippen molar-refractivity contribution in [2.45, 2.75) is 19.3 Å². The molecule has 19 heavy (non-hydrogen) atoms. The second kappa shape index (κ2) is 6.74. The van der Waals surface area contributed by atoms with E-state index in [9.17, 15) is 4.79 Å². The fraction of sp³-hybridized carbons (Fsp3) is 0.235. The van der Waals surface area contributed by atoms with Crippen LogP contribution in [0.4, 0.5) is 0 Å². The Hall–Kier alpha value is -2.09. The quantitative estimate of drug-likeness (QED) is 0.590. The number of hydrogen-bond acceptors (Lipinski definition) is 2. The van der Waals surface area contributed by atoms with E-state index in [4.69, 9.17) is 0 Å². The number of esters is 1. The van der Waals surface area contributed by atoms with E-state index in [0.29, 0.717) is 6.42 Å². The summed E-state index contributed by atoms with van der Waals surface area (Å²) in [5.41, 5.74) is 1.19. The van der Waals surface area contributed by atoms with Crippen molar-refractivity contribution in [3.8, 4) is 0 Å². The van der Waals surface area contributed by atoms with E-state index in [1.807, 2.05) is 12.1 Å². The summed E-state index contributed by atoms with van der Waals surface area (Å²) < 4.78 is 4.60. The Bertz CT molecular complexity index is 585. The molecule has 0 amide bonds. The highest BCUT2D eigenvalue weighted by molar-refractivity contribution is 5.84. The topological polar surface area (TPSA) is 26.3 Å². The van der Waals surface area contributed by atoms with Crippen LogP contribution in [0.5, 0.6) is 0 Å². The molecule has 0 saturated heterocycles. The van der Waals surface area contributed by atoms with Gasteiger partial charge in [0, 0.05) is 6.42 Å². The Labute approximate surface area is 113 Å². The van der Waals surface area contributed by atoms with Gasteiger partial charge in [-0.3, -0.25) is 4.79 Å². The minimum atomic E-state index is -0.140. The molecule has 0 saturated carbocycles. The van der Waals surface area contributed by atoms with E-state index in [2.05, 4.69) is 47.2 Å². The minimum Gasteiger partial charge on any atom is -0.469 e. The third-order valence-electron chi connectivity index (χ3n) is 3.06. The number of allylic oxidation sites excluding steroid dienone is 1. The van der Waals surface area contributed by atoms with Crippen molar-refractivity contribution in [2.24, 2.45) is 0 Å². The number of carbonyl (C=O) groups excluding carboxylic acids is 1. The van der Waals surface area contributed by atoms with Crippen molar-refractivity contribution in [1.29, 1.82) is 0 Å². The highest BCUT2D eigenvalue weighted by Gasteiger charge is 1.97. The van der Waals surface area contributed by atoms with Gasteiger partial charge < -0.3 is 4.74 Å². The van der Waals surface area contributed by atoms with Crippen molar-refractivity contribution >= 4 is 22.8 Å². The lowest BCUT2D eigenvalue weighted by Gasteiger charge is -1.99. The molecule has 2 nitrogen and oxygen atoms in total. The van der Waals surface area contributed by atoms with Crippen molar-refractivity contribution in [2.75, 3.05) is 7.11 Å². The highest BCUT2D eigenvalue weighted by Crippen LogP contribution is 2.16. The summed E-state index contributed by atoms with van der Waals surface area (Å²) in [5, 5.41) is 2.50. The van der Waals surface area contributed by atoms with Crippen molar-refractivity contribution in [1.82, 2.24) is 0 Å². The summed E-state index contributed by atoms with van der Waals surface area (Å²) in [7, 11) is 1.42. The van der Waals surface area contributed by atoms with Crippen LogP contribution in [-0.4, -0.2) is 13.1 Å². The van der Waals surface area contributed by atoms with Gasteiger partial charge in [-0.2, -0.15) is 0 Å². The van der Waals surface area contributed by atoms with Gasteiger partial charge in [0.1, 0.15) is 0 Å². The molecule has 0 heterocycles. The molecule has 0 aliphatic heterocycles. The average molecular weight is 254 g/mol. The first-order valence-corrected chi connectivity index (χ1v) is 6.52. The molecule has 0 aliphatic carbocycles. The summed E-state index contributed by atoms with van der Waals surface area (Å²) in [6, 6.07) is 14.7. The number of rotatable bonds is 5. The van der Waals surface area contributed by atoms with E-state index in [1.165, 1.54) is 23.4 Å². The number of fused-ring (bicyclic) bond motifs is 1. The Kier molecular flexibility index (Phi) is 4.73. The normalized spacial score (nSPS) is 11.0. The standard InChI is InChI=1S/C17H18O2/c1-19-17(18)10-4-2-3-7-14-11-12-15-8-5-6-9-16(15)13-14/h3,5-9,11-13H,2,4,10H2,1H3. The van der Waals surface area contributed by atoms with Crippen LogP contribution in [0, 0.1) is 0 Å². The van der Waals surface area contributed by atoms with E-state index in [0.717, 1.165) is 12.8 Å². The maximum Gasteiger partial charge on any atom is 0.305 e. The predicted molar refractivity (Wildman–Crippen MR) is 78.8 cm³/mol. The fourth-order valence-electron chi connectivity index (χ4n) is 2.00. The lowest BCUT2D eigenvalue weighted by molar-refractivity contribution is -0.140. The van der Waals surface area contributed by atoms with Gasteiger partial charge in [-0.05, 0) is 35.2 Å². The molecule has 0 N–H and O–H groups in total. The van der Waals surface area contributed by atoms with Crippen molar-refractivity contribution in [3.05, 3.63) is 54.1 Å². The van der Waals surface area contributed by atoms with Gasteiger partial charge in [-0.25, -0.2) is 0 Å². The van der Waals surface area contributed by atoms with E-state index in [-0.39, 0.29) is 5.97 Å². The zero-order valence-electron chi connectivity index (χ0n) is 11.1. The van der Waals surface area contributed by atoms with Crippen molar-refractivity contribution in [3.63, 3.8) is 0 Å². The Morgan fingerprint density at radius 2 is 1.95 bits per heavy atom. The van der Waals surface area contributed by atoms with E-state index in [1.54, 1.807) is 0 Å². The van der Waals surface area contributed by atoms with Gasteiger partial charge in [-0.15, -0.1) is 0 Å². The predicted octanol–water partition coefficient (Wildman–Crippen LogP) is 4.20. The average Bonchev–Trinajstić information content (AvgIpc) is 2.46. The Balaban J connectivity index is 1.92. The van der Waals surface area contributed by atoms with Crippen LogP contribution in [0.2, 0.25) is 0 Å². The summed E-state index contributed by atoms with van der Waals surface area (Å²) in [6.07, 6.45) is 6.41. The number of hydrogen-bond donors (Lipinski definition) is 0. The first kappa shape index (κ1) is 13.3. The first-order chi connectivity index (χ1) is 9.29. The Morgan fingerprint density at radius 3 is 2.74 bits per heavy atom. The Morgan fingerprint density at radius 1 is 1.16 bits per heavy atom. The minimum absolute atomic E-state index is 0.140. The van der Waals surface area contributed by atoms with Gasteiger partial charge in [-0.1, -0.05) is 48.6 Å². The van der Waals surface area contributed by atoms with Gasteiger partial charge in [0.2, 0.25) is 0 Å². The second-order valence-electron chi connectivity index (χ2n) is 4.48. The number of unbranched alkanes of at least 4 members (excludes halogenated alkanes) is 1. The summed E-state index contributed by atoms with van der Waals surface area (Å²) in [5.74, 6) is -0.140. The number of ether oxygens (including phenoxy) is 1. The SMILES string of the molecule is COC(=O)CCCC=Cc1ccc2ccccc2c1. The molecule has 0 radical (unpaired) electrons. The van der Waals surface area contributed by atoms with E-state index < -0.39 is 0 Å². The molecule has 98 valence electrons. The zero-order valence-corrected chi connectivity index (χ0v) is 11.1. The van der Waals surface area contributed by atoms with Crippen LogP contribution >= 0.6 is 0 Å². The molecule has 0 bridgehead atoms. The molecule has 0 aromatic heterocycles. The molecule has 2 aromatic rings. The van der Waals surface area contributed by atoms with Gasteiger partial charge in [0.05, 0.1) is 7.11 Å². The number of carbonyl (C=O) groups is 1. The summed E-state index contributed by atoms with van der Waals surface area (Å²) >= 11 is 0. The van der Waals surface area contributed by atoms with Gasteiger partial charge in [0.25, 0.3) is 0 Å². The molecule has 0 spiro atoms. The lowest BCUT2D eigenvalue weighted by Crippen LogP contribution is -1.98. The maximum absolute atomic E-state index is 10.9. The van der Waals surface area contributed by atoms with Crippen LogP contribution in [0.1, 0.15) is 24.8 Å². The molecule has 2 aromatic carbocycles. The largest absolute Gasteiger partial charge is 0.469 e. The smallest absolute Gasteiger partial charge is 0.305 e. The molecule has 0 aliphatic rings. The molecule has 2 rings (SSSR count). The molecular formula is C17H18O2. The van der Waals surface area contributed by atoms with Gasteiger partial charge in [0.15, 0.2) is 0 Å². The van der Waals surface area contributed by atoms with Gasteiger partial charge >= 0.3 is 5.97 Å². The first-order valence-electron chi connectivity index (χ1n) is 6.52. The lowest BCUT2D eigenvalue weighted by atomic mass is 10.1. The van der Waals surface area contributed by atoms with Crippen LogP contribution in [0.15, 0.2) is 48.5 Å². The third-order valence-corrected chi connectivity index (χ3v) is 3.06. The summed E-state index contributed by atoms with van der Waals surface area (Å²) in [6.45, 7) is 0. The monoisotopic (exact) mass is 254 g/mol. The number of benzene rings is 2. The van der Waals surface area contributed by atoms with Crippen molar-refractivity contribution < 1.29 is 9.53 Å². The number of methoxy groups -OCH3 is 1. The maximum atomic E-state index is 10.9. The zero-order chi connectivity index (χ0) is 13.5. The van der Waals surface area contributed by atoms with Crippen LogP contribution in [0.3, 0.4) is 0 Å². The molecular weight excluding hydrogens is 236 g/mol. The van der Waals surface area contributed by atoms with Crippen LogP contribution in [-0.2, 0) is 9.53 Å². The van der Waals surface area contributed by atoms with Crippen LogP contribution < -0.4 is 0 Å². The van der Waals surface area contributed by atoms with E-state index >= 15 is 0 Å². The third kappa shape index (κ3) is 3.95. The summed E-state index contributed by atoms with van der Waals surface area (Å²) in [4.78, 5) is 10.9. The highest BCUT2D eigenvalue weighted by atomic mass is 16.5. The fourth-order valence-corrected chi connectivity index (χ4v) is 2.00. The molecule has 0 fully saturated rings. The molecule has 0 atom stereocenters. The second-order valence-corrected chi connectivity index (χ2v) is 4.48.